The molecule has 0 aromatic heterocycles. The summed E-state index contributed by atoms with van der Waals surface area (Å²) < 4.78 is 15.8. The van der Waals surface area contributed by atoms with Crippen molar-refractivity contribution in [3.8, 4) is 11.5 Å². The molecule has 9 nitrogen and oxygen atoms in total. The minimum absolute atomic E-state index is 0.0918. The van der Waals surface area contributed by atoms with Crippen molar-refractivity contribution in [3.05, 3.63) is 56.0 Å². The monoisotopic (exact) mass is 452 g/mol. The number of anilines is 1. The van der Waals surface area contributed by atoms with E-state index >= 15 is 0 Å². The summed E-state index contributed by atoms with van der Waals surface area (Å²) in [6, 6.07) is 7.37. The summed E-state index contributed by atoms with van der Waals surface area (Å²) in [4.78, 5) is 34.8. The van der Waals surface area contributed by atoms with Crippen molar-refractivity contribution in [1.29, 1.82) is 0 Å². The first-order valence-electron chi connectivity index (χ1n) is 7.90. The lowest BCUT2D eigenvalue weighted by atomic mass is 10.1. The Morgan fingerprint density at radius 2 is 1.79 bits per heavy atom. The van der Waals surface area contributed by atoms with Gasteiger partial charge in [-0.25, -0.2) is 4.79 Å². The zero-order valence-corrected chi connectivity index (χ0v) is 16.9. The SMILES string of the molecule is COc1cc(C(=O)OCC(=O)Nc2ccc(Br)c(C)c2)c([N+](=O)[O-])cc1OC. The Balaban J connectivity index is 2.12. The van der Waals surface area contributed by atoms with E-state index in [0.29, 0.717) is 5.69 Å². The van der Waals surface area contributed by atoms with E-state index in [0.717, 1.165) is 22.2 Å². The van der Waals surface area contributed by atoms with Crippen molar-refractivity contribution in [3.63, 3.8) is 0 Å². The summed E-state index contributed by atoms with van der Waals surface area (Å²) in [5.41, 5.74) is 0.566. The number of carbonyl (C=O) groups excluding carboxylic acids is 2. The Hall–Kier alpha value is -3.14. The highest BCUT2D eigenvalue weighted by Gasteiger charge is 2.26. The number of hydrogen-bond acceptors (Lipinski definition) is 7. The van der Waals surface area contributed by atoms with Crippen molar-refractivity contribution in [2.45, 2.75) is 6.92 Å². The Morgan fingerprint density at radius 1 is 1.14 bits per heavy atom. The van der Waals surface area contributed by atoms with Gasteiger partial charge in [0.1, 0.15) is 5.56 Å². The van der Waals surface area contributed by atoms with Crippen LogP contribution in [0.4, 0.5) is 11.4 Å². The maximum atomic E-state index is 12.3. The Morgan fingerprint density at radius 3 is 2.36 bits per heavy atom. The molecule has 2 rings (SSSR count). The number of benzene rings is 2. The number of nitro benzene ring substituents is 1. The number of amides is 1. The van der Waals surface area contributed by atoms with Gasteiger partial charge in [-0.1, -0.05) is 15.9 Å². The molecule has 0 atom stereocenters. The van der Waals surface area contributed by atoms with Gasteiger partial charge in [0, 0.05) is 16.2 Å². The van der Waals surface area contributed by atoms with Crippen LogP contribution in [0.5, 0.6) is 11.5 Å². The van der Waals surface area contributed by atoms with Crippen molar-refractivity contribution in [1.82, 2.24) is 0 Å². The summed E-state index contributed by atoms with van der Waals surface area (Å²) in [7, 11) is 2.64. The molecule has 28 heavy (non-hydrogen) atoms. The van der Waals surface area contributed by atoms with E-state index in [1.54, 1.807) is 18.2 Å². The predicted octanol–water partition coefficient (Wildman–Crippen LogP) is 3.48. The molecule has 0 unspecified atom stereocenters. The molecule has 0 fully saturated rings. The van der Waals surface area contributed by atoms with Crippen LogP contribution in [0.2, 0.25) is 0 Å². The van der Waals surface area contributed by atoms with Crippen molar-refractivity contribution in [2.24, 2.45) is 0 Å². The number of esters is 1. The van der Waals surface area contributed by atoms with Gasteiger partial charge in [0.2, 0.25) is 0 Å². The van der Waals surface area contributed by atoms with Gasteiger partial charge >= 0.3 is 5.97 Å². The third-order valence-electron chi connectivity index (χ3n) is 3.69. The van der Waals surface area contributed by atoms with Crippen LogP contribution in [0.3, 0.4) is 0 Å². The Bertz CT molecular complexity index is 930. The summed E-state index contributed by atoms with van der Waals surface area (Å²) in [5.74, 6) is -1.41. The predicted molar refractivity (Wildman–Crippen MR) is 104 cm³/mol. The molecule has 0 heterocycles. The van der Waals surface area contributed by atoms with Gasteiger partial charge in [0.15, 0.2) is 18.1 Å². The van der Waals surface area contributed by atoms with Crippen molar-refractivity contribution >= 4 is 39.2 Å². The van der Waals surface area contributed by atoms with E-state index in [9.17, 15) is 19.7 Å². The lowest BCUT2D eigenvalue weighted by Gasteiger charge is -2.11. The summed E-state index contributed by atoms with van der Waals surface area (Å²) in [6.07, 6.45) is 0. The van der Waals surface area contributed by atoms with Gasteiger partial charge in [0.25, 0.3) is 11.6 Å². The highest BCUT2D eigenvalue weighted by molar-refractivity contribution is 9.10. The smallest absolute Gasteiger partial charge is 0.345 e. The van der Waals surface area contributed by atoms with Gasteiger partial charge in [-0.05, 0) is 30.7 Å². The van der Waals surface area contributed by atoms with Crippen LogP contribution in [0.15, 0.2) is 34.8 Å². The first-order chi connectivity index (χ1) is 13.3. The Kier molecular flexibility index (Phi) is 6.94. The number of carbonyl (C=O) groups is 2. The molecular weight excluding hydrogens is 436 g/mol. The number of methoxy groups -OCH3 is 2. The molecule has 1 amide bonds. The quantitative estimate of drug-likeness (QED) is 0.388. The molecular formula is C18H17BrN2O7. The highest BCUT2D eigenvalue weighted by Crippen LogP contribution is 2.34. The molecule has 0 aliphatic rings. The first-order valence-corrected chi connectivity index (χ1v) is 8.69. The highest BCUT2D eigenvalue weighted by atomic mass is 79.9. The van der Waals surface area contributed by atoms with Crippen LogP contribution in [-0.2, 0) is 9.53 Å². The zero-order valence-electron chi connectivity index (χ0n) is 15.3. The molecule has 0 aliphatic carbocycles. The number of halogens is 1. The second kappa shape index (κ2) is 9.18. The fraction of sp³-hybridized carbons (Fsp3) is 0.222. The lowest BCUT2D eigenvalue weighted by Crippen LogP contribution is -2.21. The van der Waals surface area contributed by atoms with Crippen LogP contribution >= 0.6 is 15.9 Å². The summed E-state index contributed by atoms with van der Waals surface area (Å²) in [5, 5.41) is 13.8. The topological polar surface area (TPSA) is 117 Å². The number of ether oxygens (including phenoxy) is 3. The van der Waals surface area contributed by atoms with Crippen molar-refractivity contribution in [2.75, 3.05) is 26.1 Å². The van der Waals surface area contributed by atoms with E-state index in [4.69, 9.17) is 14.2 Å². The number of rotatable bonds is 7. The number of aryl methyl sites for hydroxylation is 1. The standard InChI is InChI=1S/C18H17BrN2O7/c1-10-6-11(4-5-13(10)19)20-17(22)9-28-18(23)12-7-15(26-2)16(27-3)8-14(12)21(24)25/h4-8H,9H2,1-3H3,(H,20,22). The maximum absolute atomic E-state index is 12.3. The van der Waals surface area contributed by atoms with Crippen LogP contribution in [0.1, 0.15) is 15.9 Å². The largest absolute Gasteiger partial charge is 0.493 e. The third kappa shape index (κ3) is 4.97. The number of hydrogen-bond donors (Lipinski definition) is 1. The molecule has 0 bridgehead atoms. The second-order valence-corrected chi connectivity index (χ2v) is 6.42. The van der Waals surface area contributed by atoms with Gasteiger partial charge in [-0.3, -0.25) is 14.9 Å². The van der Waals surface area contributed by atoms with Crippen molar-refractivity contribution < 1.29 is 28.7 Å². The first kappa shape index (κ1) is 21.2. The molecule has 148 valence electrons. The molecule has 0 aliphatic heterocycles. The molecule has 1 N–H and O–H groups in total. The Labute approximate surface area is 168 Å². The molecule has 0 spiro atoms. The average Bonchev–Trinajstić information content (AvgIpc) is 2.67. The second-order valence-electron chi connectivity index (χ2n) is 5.57. The summed E-state index contributed by atoms with van der Waals surface area (Å²) in [6.45, 7) is 1.25. The minimum Gasteiger partial charge on any atom is -0.493 e. The van der Waals surface area contributed by atoms with Crippen LogP contribution in [-0.4, -0.2) is 37.6 Å². The van der Waals surface area contributed by atoms with Gasteiger partial charge in [-0.2, -0.15) is 0 Å². The molecule has 2 aromatic rings. The van der Waals surface area contributed by atoms with Gasteiger partial charge < -0.3 is 19.5 Å². The summed E-state index contributed by atoms with van der Waals surface area (Å²) >= 11 is 3.36. The minimum atomic E-state index is -1.03. The van der Waals surface area contributed by atoms with E-state index in [1.807, 2.05) is 6.92 Å². The fourth-order valence-corrected chi connectivity index (χ4v) is 2.56. The fourth-order valence-electron chi connectivity index (χ4n) is 2.31. The van der Waals surface area contributed by atoms with Gasteiger partial charge in [0.05, 0.1) is 25.2 Å². The van der Waals surface area contributed by atoms with Crippen LogP contribution < -0.4 is 14.8 Å². The third-order valence-corrected chi connectivity index (χ3v) is 4.58. The van der Waals surface area contributed by atoms with E-state index in [2.05, 4.69) is 21.2 Å². The normalized spacial score (nSPS) is 10.1. The van der Waals surface area contributed by atoms with Crippen LogP contribution in [0.25, 0.3) is 0 Å². The number of nitrogens with zero attached hydrogens (tertiary/aromatic N) is 1. The van der Waals surface area contributed by atoms with E-state index < -0.39 is 29.1 Å². The van der Waals surface area contributed by atoms with Gasteiger partial charge in [-0.15, -0.1) is 0 Å². The maximum Gasteiger partial charge on any atom is 0.345 e. The average molecular weight is 453 g/mol. The number of nitro groups is 1. The molecule has 2 aromatic carbocycles. The molecule has 10 heteroatoms. The molecule has 0 saturated heterocycles. The molecule has 0 radical (unpaired) electrons. The van der Waals surface area contributed by atoms with E-state index in [1.165, 1.54) is 14.2 Å². The van der Waals surface area contributed by atoms with E-state index in [-0.39, 0.29) is 17.1 Å². The number of nitrogens with one attached hydrogen (secondary N) is 1. The lowest BCUT2D eigenvalue weighted by molar-refractivity contribution is -0.385. The zero-order chi connectivity index (χ0) is 20.8. The molecule has 0 saturated carbocycles. The van der Waals surface area contributed by atoms with Crippen LogP contribution in [0, 0.1) is 17.0 Å².